The van der Waals surface area contributed by atoms with E-state index in [9.17, 15) is 14.4 Å². The van der Waals surface area contributed by atoms with Gasteiger partial charge >= 0.3 is 0 Å². The lowest BCUT2D eigenvalue weighted by molar-refractivity contribution is -0.131. The molecule has 0 atom stereocenters. The smallest absolute Gasteiger partial charge is 0.238 e. The van der Waals surface area contributed by atoms with E-state index in [4.69, 9.17) is 5.41 Å². The molecule has 2 amide bonds. The Morgan fingerprint density at radius 3 is 2.00 bits per heavy atom. The predicted molar refractivity (Wildman–Crippen MR) is 50.0 cm³/mol. The van der Waals surface area contributed by atoms with Crippen molar-refractivity contribution in [2.75, 3.05) is 14.1 Å². The van der Waals surface area contributed by atoms with Gasteiger partial charge in [0.25, 0.3) is 0 Å². The Morgan fingerprint density at radius 2 is 1.71 bits per heavy atom. The molecular formula is C8H13N3O3. The largest absolute Gasteiger partial charge is 0.358 e. The molecule has 0 heterocycles. The summed E-state index contributed by atoms with van der Waals surface area (Å²) in [6.07, 6.45) is 0.271. The second kappa shape index (κ2) is 5.85. The van der Waals surface area contributed by atoms with Crippen molar-refractivity contribution in [3.63, 3.8) is 0 Å². The van der Waals surface area contributed by atoms with Crippen LogP contribution in [0.2, 0.25) is 0 Å². The SMILES string of the molecule is CNC(=O)C(C(=N)CC=O)C(=O)NC. The molecule has 14 heavy (non-hydrogen) atoms. The van der Waals surface area contributed by atoms with E-state index in [-0.39, 0.29) is 12.1 Å². The van der Waals surface area contributed by atoms with Gasteiger partial charge in [-0.2, -0.15) is 0 Å². The number of hydrogen-bond acceptors (Lipinski definition) is 4. The Labute approximate surface area is 81.6 Å². The number of aldehydes is 1. The first-order valence-corrected chi connectivity index (χ1v) is 4.02. The van der Waals surface area contributed by atoms with Gasteiger partial charge in [0, 0.05) is 26.2 Å². The van der Waals surface area contributed by atoms with Crippen LogP contribution in [0, 0.1) is 11.3 Å². The maximum atomic E-state index is 11.2. The van der Waals surface area contributed by atoms with E-state index in [2.05, 4.69) is 10.6 Å². The Morgan fingerprint density at radius 1 is 1.29 bits per heavy atom. The Balaban J connectivity index is 4.71. The fourth-order valence-electron chi connectivity index (χ4n) is 0.932. The highest BCUT2D eigenvalue weighted by atomic mass is 16.2. The first kappa shape index (κ1) is 12.3. The summed E-state index contributed by atoms with van der Waals surface area (Å²) in [6, 6.07) is 0. The van der Waals surface area contributed by atoms with Gasteiger partial charge in [-0.15, -0.1) is 0 Å². The van der Waals surface area contributed by atoms with E-state index in [0.29, 0.717) is 6.29 Å². The van der Waals surface area contributed by atoms with Crippen LogP contribution in [0.4, 0.5) is 0 Å². The second-order valence-electron chi connectivity index (χ2n) is 2.56. The normalized spacial score (nSPS) is 9.36. The van der Waals surface area contributed by atoms with Crippen LogP contribution in [0.5, 0.6) is 0 Å². The minimum absolute atomic E-state index is 0.210. The van der Waals surface area contributed by atoms with Gasteiger partial charge in [-0.3, -0.25) is 9.59 Å². The number of carbonyl (C=O) groups is 3. The predicted octanol–water partition coefficient (Wildman–Crippen LogP) is -1.30. The Kier molecular flexibility index (Phi) is 5.13. The summed E-state index contributed by atoms with van der Waals surface area (Å²) in [5, 5.41) is 11.9. The second-order valence-corrected chi connectivity index (χ2v) is 2.56. The van der Waals surface area contributed by atoms with Crippen molar-refractivity contribution in [3.8, 4) is 0 Å². The number of nitrogens with one attached hydrogen (secondary N) is 3. The molecule has 0 rings (SSSR count). The maximum Gasteiger partial charge on any atom is 0.238 e. The van der Waals surface area contributed by atoms with Gasteiger partial charge in [0.05, 0.1) is 0 Å². The topological polar surface area (TPSA) is 99.1 Å². The Hall–Kier alpha value is -1.72. The third-order valence-electron chi connectivity index (χ3n) is 1.67. The summed E-state index contributed by atoms with van der Waals surface area (Å²) in [4.78, 5) is 32.5. The lowest BCUT2D eigenvalue weighted by Crippen LogP contribution is -2.43. The van der Waals surface area contributed by atoms with Crippen molar-refractivity contribution in [2.45, 2.75) is 6.42 Å². The molecule has 3 N–H and O–H groups in total. The van der Waals surface area contributed by atoms with Gasteiger partial charge in [-0.25, -0.2) is 0 Å². The van der Waals surface area contributed by atoms with Gasteiger partial charge < -0.3 is 20.8 Å². The molecule has 0 aliphatic rings. The van der Waals surface area contributed by atoms with E-state index in [0.717, 1.165) is 0 Å². The minimum Gasteiger partial charge on any atom is -0.358 e. The summed E-state index contributed by atoms with van der Waals surface area (Å²) >= 11 is 0. The van der Waals surface area contributed by atoms with Crippen LogP contribution in [0.1, 0.15) is 6.42 Å². The van der Waals surface area contributed by atoms with Crippen molar-refractivity contribution in [2.24, 2.45) is 5.92 Å². The highest BCUT2D eigenvalue weighted by molar-refractivity contribution is 6.20. The summed E-state index contributed by atoms with van der Waals surface area (Å²) < 4.78 is 0. The number of rotatable bonds is 5. The molecule has 0 spiro atoms. The van der Waals surface area contributed by atoms with Crippen molar-refractivity contribution in [1.29, 1.82) is 5.41 Å². The van der Waals surface area contributed by atoms with Gasteiger partial charge in [0.1, 0.15) is 6.29 Å². The van der Waals surface area contributed by atoms with Crippen LogP contribution in [-0.4, -0.2) is 37.9 Å². The van der Waals surface area contributed by atoms with E-state index in [1.807, 2.05) is 0 Å². The van der Waals surface area contributed by atoms with Gasteiger partial charge in [0.2, 0.25) is 11.8 Å². The van der Waals surface area contributed by atoms with Crippen molar-refractivity contribution in [1.82, 2.24) is 10.6 Å². The van der Waals surface area contributed by atoms with E-state index in [1.54, 1.807) is 0 Å². The highest BCUT2D eigenvalue weighted by Gasteiger charge is 2.28. The molecule has 0 aromatic carbocycles. The minimum atomic E-state index is -1.21. The van der Waals surface area contributed by atoms with Crippen LogP contribution in [-0.2, 0) is 14.4 Å². The fourth-order valence-corrected chi connectivity index (χ4v) is 0.932. The van der Waals surface area contributed by atoms with E-state index in [1.165, 1.54) is 14.1 Å². The molecule has 0 aliphatic carbocycles. The molecule has 6 heteroatoms. The molecule has 0 aromatic rings. The third-order valence-corrected chi connectivity index (χ3v) is 1.67. The number of carbonyl (C=O) groups excluding carboxylic acids is 3. The summed E-state index contributed by atoms with van der Waals surface area (Å²) in [6.45, 7) is 0. The Bertz CT molecular complexity index is 247. The molecule has 0 bridgehead atoms. The fraction of sp³-hybridized carbons (Fsp3) is 0.500. The lowest BCUT2D eigenvalue weighted by Gasteiger charge is -2.13. The zero-order valence-electron chi connectivity index (χ0n) is 8.09. The van der Waals surface area contributed by atoms with Crippen LogP contribution < -0.4 is 10.6 Å². The van der Waals surface area contributed by atoms with Crippen molar-refractivity contribution < 1.29 is 14.4 Å². The third kappa shape index (κ3) is 2.96. The number of amides is 2. The molecule has 6 nitrogen and oxygen atoms in total. The molecular weight excluding hydrogens is 186 g/mol. The first-order valence-electron chi connectivity index (χ1n) is 4.02. The zero-order valence-corrected chi connectivity index (χ0v) is 8.09. The molecule has 0 aromatic heterocycles. The highest BCUT2D eigenvalue weighted by Crippen LogP contribution is 2.01. The molecule has 0 unspecified atom stereocenters. The quantitative estimate of drug-likeness (QED) is 0.291. The molecule has 0 saturated carbocycles. The monoisotopic (exact) mass is 199 g/mol. The molecule has 0 radical (unpaired) electrons. The summed E-state index contributed by atoms with van der Waals surface area (Å²) in [5.41, 5.74) is -0.210. The van der Waals surface area contributed by atoms with E-state index < -0.39 is 17.7 Å². The zero-order chi connectivity index (χ0) is 11.1. The molecule has 0 fully saturated rings. The molecule has 78 valence electrons. The van der Waals surface area contributed by atoms with Gasteiger partial charge in [-0.05, 0) is 0 Å². The lowest BCUT2D eigenvalue weighted by atomic mass is 9.99. The van der Waals surface area contributed by atoms with Crippen LogP contribution in [0.25, 0.3) is 0 Å². The number of hydrogen-bond donors (Lipinski definition) is 3. The van der Waals surface area contributed by atoms with Crippen molar-refractivity contribution in [3.05, 3.63) is 0 Å². The summed E-state index contributed by atoms with van der Waals surface area (Å²) in [7, 11) is 2.74. The first-order chi connectivity index (χ1) is 6.58. The standard InChI is InChI=1S/C8H13N3O3/c1-10-7(13)6(8(14)11-2)5(9)3-4-12/h4,6,9H,3H2,1-2H3,(H,10,13)(H,11,14). The molecule has 0 saturated heterocycles. The maximum absolute atomic E-state index is 11.2. The van der Waals surface area contributed by atoms with Gasteiger partial charge in [-0.1, -0.05) is 0 Å². The van der Waals surface area contributed by atoms with E-state index >= 15 is 0 Å². The van der Waals surface area contributed by atoms with Crippen LogP contribution in [0.3, 0.4) is 0 Å². The summed E-state index contributed by atoms with van der Waals surface area (Å²) in [5.74, 6) is -2.39. The van der Waals surface area contributed by atoms with Gasteiger partial charge in [0.15, 0.2) is 5.92 Å². The average molecular weight is 199 g/mol. The van der Waals surface area contributed by atoms with Crippen LogP contribution >= 0.6 is 0 Å². The van der Waals surface area contributed by atoms with Crippen molar-refractivity contribution >= 4 is 23.8 Å². The van der Waals surface area contributed by atoms with Crippen LogP contribution in [0.15, 0.2) is 0 Å². The molecule has 0 aliphatic heterocycles. The average Bonchev–Trinajstić information content (AvgIpc) is 2.17.